The molecule has 0 spiro atoms. The Morgan fingerprint density at radius 2 is 1.79 bits per heavy atom. The number of alkyl carbamates (subject to hydrolysis) is 1. The number of fused-ring (bicyclic) bond motifs is 1. The van der Waals surface area contributed by atoms with Gasteiger partial charge in [-0.05, 0) is 60.3 Å². The molecule has 0 fully saturated rings. The first kappa shape index (κ1) is 26.2. The summed E-state index contributed by atoms with van der Waals surface area (Å²) >= 11 is 0. The number of carbonyl (C=O) groups is 1. The summed E-state index contributed by atoms with van der Waals surface area (Å²) in [5.74, 6) is 0.0448. The van der Waals surface area contributed by atoms with Crippen molar-refractivity contribution < 1.29 is 19.7 Å². The van der Waals surface area contributed by atoms with E-state index >= 15 is 0 Å². The van der Waals surface area contributed by atoms with Gasteiger partial charge in [0, 0.05) is 0 Å². The Balaban J connectivity index is 1.53. The molecule has 0 bridgehead atoms. The summed E-state index contributed by atoms with van der Waals surface area (Å²) in [5, 5.41) is 22.9. The van der Waals surface area contributed by atoms with E-state index in [-0.39, 0.29) is 12.5 Å². The van der Waals surface area contributed by atoms with E-state index < -0.39 is 24.8 Å². The van der Waals surface area contributed by atoms with Crippen molar-refractivity contribution in [2.24, 2.45) is 5.92 Å². The summed E-state index contributed by atoms with van der Waals surface area (Å²) in [6, 6.07) is 15.7. The van der Waals surface area contributed by atoms with Crippen LogP contribution in [0.5, 0.6) is 0 Å². The Hall–Kier alpha value is -2.37. The molecule has 1 amide bonds. The van der Waals surface area contributed by atoms with E-state index in [1.807, 2.05) is 30.3 Å². The zero-order chi connectivity index (χ0) is 24.2. The van der Waals surface area contributed by atoms with Gasteiger partial charge in [0.15, 0.2) is 0 Å². The predicted molar refractivity (Wildman–Crippen MR) is 136 cm³/mol. The number of carbonyl (C=O) groups excluding carboxylic acids is 1. The maximum Gasteiger partial charge on any atom is 0.407 e. The zero-order valence-corrected chi connectivity index (χ0v) is 20.5. The SMILES string of the molecule is CCCCCCCCc1ccc2c(c1)CCC(C(NC(=O)OCc1ccccc1)C(O)CO)C2. The van der Waals surface area contributed by atoms with Crippen LogP contribution in [-0.2, 0) is 30.6 Å². The van der Waals surface area contributed by atoms with E-state index in [1.54, 1.807) is 0 Å². The number of amides is 1. The molecule has 186 valence electrons. The summed E-state index contributed by atoms with van der Waals surface area (Å²) in [6.07, 6.45) is 9.91. The average Bonchev–Trinajstić information content (AvgIpc) is 2.88. The van der Waals surface area contributed by atoms with Gasteiger partial charge in [-0.1, -0.05) is 87.6 Å². The third kappa shape index (κ3) is 8.14. The Bertz CT molecular complexity index is 870. The summed E-state index contributed by atoms with van der Waals surface area (Å²) < 4.78 is 5.35. The van der Waals surface area contributed by atoms with Crippen LogP contribution >= 0.6 is 0 Å². The van der Waals surface area contributed by atoms with Crippen LogP contribution in [0.25, 0.3) is 0 Å². The Kier molecular flexibility index (Phi) is 10.9. The lowest BCUT2D eigenvalue weighted by atomic mass is 9.78. The van der Waals surface area contributed by atoms with Gasteiger partial charge >= 0.3 is 6.09 Å². The number of ether oxygens (including phenoxy) is 1. The molecule has 34 heavy (non-hydrogen) atoms. The summed E-state index contributed by atoms with van der Waals surface area (Å²) in [7, 11) is 0. The van der Waals surface area contributed by atoms with Gasteiger partial charge in [0.25, 0.3) is 0 Å². The van der Waals surface area contributed by atoms with Crippen LogP contribution < -0.4 is 5.32 Å². The van der Waals surface area contributed by atoms with Crippen molar-refractivity contribution >= 4 is 6.09 Å². The maximum absolute atomic E-state index is 12.4. The third-order valence-electron chi connectivity index (χ3n) is 6.96. The highest BCUT2D eigenvalue weighted by molar-refractivity contribution is 5.67. The lowest BCUT2D eigenvalue weighted by Gasteiger charge is -2.34. The third-order valence-corrected chi connectivity index (χ3v) is 6.96. The van der Waals surface area contributed by atoms with Crippen molar-refractivity contribution in [1.82, 2.24) is 5.32 Å². The maximum atomic E-state index is 12.4. The van der Waals surface area contributed by atoms with Crippen LogP contribution in [0.1, 0.15) is 74.1 Å². The molecule has 0 aromatic heterocycles. The minimum atomic E-state index is -1.03. The fourth-order valence-corrected chi connectivity index (χ4v) is 4.95. The normalized spacial score (nSPS) is 17.0. The molecule has 0 radical (unpaired) electrons. The lowest BCUT2D eigenvalue weighted by molar-refractivity contribution is 0.0361. The van der Waals surface area contributed by atoms with E-state index in [1.165, 1.54) is 55.2 Å². The smallest absolute Gasteiger partial charge is 0.407 e. The Labute approximate surface area is 204 Å². The molecule has 5 nitrogen and oxygen atoms in total. The van der Waals surface area contributed by atoms with Crippen molar-refractivity contribution in [2.75, 3.05) is 6.61 Å². The monoisotopic (exact) mass is 467 g/mol. The predicted octanol–water partition coefficient (Wildman–Crippen LogP) is 5.34. The second-order valence-corrected chi connectivity index (χ2v) is 9.61. The Morgan fingerprint density at radius 1 is 1.03 bits per heavy atom. The molecule has 1 aliphatic rings. The van der Waals surface area contributed by atoms with Gasteiger partial charge in [0.2, 0.25) is 0 Å². The number of aliphatic hydroxyl groups excluding tert-OH is 2. The van der Waals surface area contributed by atoms with E-state index in [9.17, 15) is 15.0 Å². The average molecular weight is 468 g/mol. The number of aliphatic hydroxyl groups is 2. The van der Waals surface area contributed by atoms with E-state index in [0.29, 0.717) is 0 Å². The van der Waals surface area contributed by atoms with Crippen LogP contribution in [-0.4, -0.2) is 35.1 Å². The largest absolute Gasteiger partial charge is 0.445 e. The van der Waals surface area contributed by atoms with Crippen LogP contribution in [0.2, 0.25) is 0 Å². The number of hydrogen-bond donors (Lipinski definition) is 3. The first-order valence-electron chi connectivity index (χ1n) is 13.0. The number of unbranched alkanes of at least 4 members (excludes halogenated alkanes) is 5. The van der Waals surface area contributed by atoms with Gasteiger partial charge in [0.1, 0.15) is 6.61 Å². The zero-order valence-electron chi connectivity index (χ0n) is 20.5. The summed E-state index contributed by atoms with van der Waals surface area (Å²) in [5.41, 5.74) is 4.96. The van der Waals surface area contributed by atoms with Gasteiger partial charge in [0.05, 0.1) is 18.8 Å². The van der Waals surface area contributed by atoms with Crippen LogP contribution in [0.15, 0.2) is 48.5 Å². The first-order valence-corrected chi connectivity index (χ1v) is 13.0. The fraction of sp³-hybridized carbons (Fsp3) is 0.552. The van der Waals surface area contributed by atoms with Gasteiger partial charge in [-0.25, -0.2) is 4.79 Å². The molecule has 3 rings (SSSR count). The summed E-state index contributed by atoms with van der Waals surface area (Å²) in [4.78, 5) is 12.4. The van der Waals surface area contributed by atoms with E-state index in [4.69, 9.17) is 4.74 Å². The molecule has 3 unspecified atom stereocenters. The van der Waals surface area contributed by atoms with Gasteiger partial charge in [-0.3, -0.25) is 0 Å². The highest BCUT2D eigenvalue weighted by Crippen LogP contribution is 2.30. The molecule has 2 aromatic carbocycles. The minimum Gasteiger partial charge on any atom is -0.445 e. The van der Waals surface area contributed by atoms with Crippen molar-refractivity contribution in [3.05, 3.63) is 70.8 Å². The number of hydrogen-bond acceptors (Lipinski definition) is 4. The highest BCUT2D eigenvalue weighted by Gasteiger charge is 2.32. The summed E-state index contributed by atoms with van der Waals surface area (Å²) in [6.45, 7) is 2.02. The van der Waals surface area contributed by atoms with Crippen molar-refractivity contribution in [2.45, 2.75) is 89.9 Å². The molecule has 0 saturated heterocycles. The topological polar surface area (TPSA) is 78.8 Å². The number of benzene rings is 2. The van der Waals surface area contributed by atoms with Crippen LogP contribution in [0.3, 0.4) is 0 Å². The second-order valence-electron chi connectivity index (χ2n) is 9.61. The molecular formula is C29H41NO4. The van der Waals surface area contributed by atoms with Crippen LogP contribution in [0, 0.1) is 5.92 Å². The molecule has 3 atom stereocenters. The second kappa shape index (κ2) is 14.1. The van der Waals surface area contributed by atoms with Crippen molar-refractivity contribution in [3.8, 4) is 0 Å². The first-order chi connectivity index (χ1) is 16.6. The van der Waals surface area contributed by atoms with Crippen molar-refractivity contribution in [1.29, 1.82) is 0 Å². The van der Waals surface area contributed by atoms with Crippen LogP contribution in [0.4, 0.5) is 4.79 Å². The lowest BCUT2D eigenvalue weighted by Crippen LogP contribution is -2.51. The molecule has 1 aliphatic carbocycles. The minimum absolute atomic E-state index is 0.0448. The quantitative estimate of drug-likeness (QED) is 0.347. The molecule has 0 heterocycles. The molecular weight excluding hydrogens is 426 g/mol. The number of nitrogens with one attached hydrogen (secondary N) is 1. The Morgan fingerprint density at radius 3 is 2.56 bits per heavy atom. The number of rotatable bonds is 13. The van der Waals surface area contributed by atoms with Gasteiger partial charge < -0.3 is 20.3 Å². The van der Waals surface area contributed by atoms with Gasteiger partial charge in [-0.15, -0.1) is 0 Å². The van der Waals surface area contributed by atoms with E-state index in [0.717, 1.165) is 31.2 Å². The molecule has 3 N–H and O–H groups in total. The molecule has 0 aliphatic heterocycles. The molecule has 2 aromatic rings. The molecule has 5 heteroatoms. The van der Waals surface area contributed by atoms with Gasteiger partial charge in [-0.2, -0.15) is 0 Å². The standard InChI is InChI=1S/C29H41NO4/c1-2-3-4-5-6-8-11-22-14-15-25-19-26(17-16-24(25)18-22)28(27(32)20-31)30-29(33)34-21-23-12-9-7-10-13-23/h7,9-10,12-15,18,26-28,31-32H,2-6,8,11,16-17,19-21H2,1H3,(H,30,33). The van der Waals surface area contributed by atoms with E-state index in [2.05, 4.69) is 30.4 Å². The fourth-order valence-electron chi connectivity index (χ4n) is 4.95. The highest BCUT2D eigenvalue weighted by atomic mass is 16.5. The molecule has 0 saturated carbocycles. The number of aryl methyl sites for hydroxylation is 2. The van der Waals surface area contributed by atoms with Crippen molar-refractivity contribution in [3.63, 3.8) is 0 Å².